The van der Waals surface area contributed by atoms with Crippen molar-refractivity contribution in [3.05, 3.63) is 29.8 Å². The highest BCUT2D eigenvalue weighted by atomic mass is 16.5. The van der Waals surface area contributed by atoms with E-state index in [1.165, 1.54) is 18.4 Å². The van der Waals surface area contributed by atoms with Crippen molar-refractivity contribution in [2.45, 2.75) is 18.0 Å². The summed E-state index contributed by atoms with van der Waals surface area (Å²) in [6.07, 6.45) is 0. The Kier molecular flexibility index (Phi) is 3.40. The molecule has 20 heavy (non-hydrogen) atoms. The zero-order chi connectivity index (χ0) is 14.3. The molecule has 3 rings (SSSR count). The summed E-state index contributed by atoms with van der Waals surface area (Å²) in [5, 5.41) is 9.66. The van der Waals surface area contributed by atoms with Crippen molar-refractivity contribution in [3.8, 4) is 0 Å². The van der Waals surface area contributed by atoms with Crippen LogP contribution in [0.4, 0.5) is 5.69 Å². The van der Waals surface area contributed by atoms with Crippen LogP contribution >= 0.6 is 0 Å². The van der Waals surface area contributed by atoms with E-state index < -0.39 is 0 Å². The number of anilines is 1. The second-order valence-corrected chi connectivity index (χ2v) is 5.52. The molecule has 3 atom stereocenters. The normalized spacial score (nSPS) is 27.6. The van der Waals surface area contributed by atoms with Crippen LogP contribution in [0, 0.1) is 0 Å². The second-order valence-electron chi connectivity index (χ2n) is 5.52. The molecule has 1 saturated heterocycles. The van der Waals surface area contributed by atoms with Gasteiger partial charge in [-0.05, 0) is 11.6 Å². The van der Waals surface area contributed by atoms with Gasteiger partial charge in [0, 0.05) is 32.3 Å². The van der Waals surface area contributed by atoms with Crippen molar-refractivity contribution < 1.29 is 14.6 Å². The van der Waals surface area contributed by atoms with E-state index in [0.29, 0.717) is 0 Å². The number of likely N-dealkylation sites (N-methyl/N-ethyl adjacent to an activating group) is 1. The first kappa shape index (κ1) is 13.4. The van der Waals surface area contributed by atoms with Crippen LogP contribution in [-0.2, 0) is 9.53 Å². The Labute approximate surface area is 118 Å². The van der Waals surface area contributed by atoms with Gasteiger partial charge in [0.2, 0.25) is 5.91 Å². The maximum atomic E-state index is 12.1. The van der Waals surface area contributed by atoms with Gasteiger partial charge >= 0.3 is 0 Å². The topological polar surface area (TPSA) is 53.0 Å². The Morgan fingerprint density at radius 3 is 2.90 bits per heavy atom. The van der Waals surface area contributed by atoms with Gasteiger partial charge in [0.1, 0.15) is 6.61 Å². The van der Waals surface area contributed by atoms with E-state index in [9.17, 15) is 9.90 Å². The zero-order valence-electron chi connectivity index (χ0n) is 11.8. The lowest BCUT2D eigenvalue weighted by Crippen LogP contribution is -2.70. The highest BCUT2D eigenvalue weighted by Crippen LogP contribution is 2.47. The van der Waals surface area contributed by atoms with Crippen molar-refractivity contribution in [3.63, 3.8) is 0 Å². The Morgan fingerprint density at radius 2 is 2.20 bits per heavy atom. The first-order valence-corrected chi connectivity index (χ1v) is 6.90. The Balaban J connectivity index is 1.92. The lowest BCUT2D eigenvalue weighted by Gasteiger charge is -2.58. The molecule has 0 radical (unpaired) electrons. The SMILES string of the molecule is COCC(=O)N1[C@@H]2CN(C)c3ccccc3[C@@H]2[C@@H]1CO. The van der Waals surface area contributed by atoms with Crippen molar-refractivity contribution in [1.29, 1.82) is 0 Å². The van der Waals surface area contributed by atoms with E-state index >= 15 is 0 Å². The fraction of sp³-hybridized carbons (Fsp3) is 0.533. The van der Waals surface area contributed by atoms with E-state index in [1.807, 2.05) is 19.2 Å². The number of carbonyl (C=O) groups is 1. The number of amides is 1. The highest BCUT2D eigenvalue weighted by Gasteiger charge is 2.53. The van der Waals surface area contributed by atoms with Gasteiger partial charge in [-0.15, -0.1) is 0 Å². The Morgan fingerprint density at radius 1 is 1.45 bits per heavy atom. The molecular formula is C15H20N2O3. The molecule has 5 heteroatoms. The fourth-order valence-corrected chi connectivity index (χ4v) is 3.63. The Bertz CT molecular complexity index is 520. The summed E-state index contributed by atoms with van der Waals surface area (Å²) >= 11 is 0. The van der Waals surface area contributed by atoms with Crippen LogP contribution in [0.3, 0.4) is 0 Å². The van der Waals surface area contributed by atoms with Crippen molar-refractivity contribution in [1.82, 2.24) is 4.90 Å². The van der Waals surface area contributed by atoms with Gasteiger partial charge in [0.25, 0.3) is 0 Å². The lowest BCUT2D eigenvalue weighted by molar-refractivity contribution is -0.154. The maximum absolute atomic E-state index is 12.1. The smallest absolute Gasteiger partial charge is 0.249 e. The number of rotatable bonds is 3. The summed E-state index contributed by atoms with van der Waals surface area (Å²) in [7, 11) is 3.56. The van der Waals surface area contributed by atoms with Gasteiger partial charge in [-0.3, -0.25) is 4.79 Å². The fourth-order valence-electron chi connectivity index (χ4n) is 3.63. The molecule has 0 saturated carbocycles. The number of ether oxygens (including phenoxy) is 1. The number of aliphatic hydroxyl groups is 1. The predicted octanol–water partition coefficient (Wildman–Crippen LogP) is 0.438. The molecule has 2 aliphatic rings. The van der Waals surface area contributed by atoms with Crippen LogP contribution < -0.4 is 4.90 Å². The van der Waals surface area contributed by atoms with Crippen LogP contribution in [0.25, 0.3) is 0 Å². The predicted molar refractivity (Wildman–Crippen MR) is 75.8 cm³/mol. The number of nitrogens with zero attached hydrogens (tertiary/aromatic N) is 2. The number of aliphatic hydroxyl groups excluding tert-OH is 1. The summed E-state index contributed by atoms with van der Waals surface area (Å²) in [6, 6.07) is 8.25. The van der Waals surface area contributed by atoms with E-state index in [1.54, 1.807) is 4.90 Å². The van der Waals surface area contributed by atoms with Gasteiger partial charge < -0.3 is 19.6 Å². The van der Waals surface area contributed by atoms with Crippen LogP contribution in [0.1, 0.15) is 11.5 Å². The van der Waals surface area contributed by atoms with Gasteiger partial charge in [-0.25, -0.2) is 0 Å². The largest absolute Gasteiger partial charge is 0.394 e. The summed E-state index contributed by atoms with van der Waals surface area (Å²) in [5.74, 6) is 0.189. The van der Waals surface area contributed by atoms with Crippen molar-refractivity contribution in [2.24, 2.45) is 0 Å². The van der Waals surface area contributed by atoms with Crippen LogP contribution in [0.5, 0.6) is 0 Å². The number of methoxy groups -OCH3 is 1. The summed E-state index contributed by atoms with van der Waals surface area (Å²) in [6.45, 7) is 0.868. The summed E-state index contributed by atoms with van der Waals surface area (Å²) < 4.78 is 4.94. The third-order valence-electron chi connectivity index (χ3n) is 4.45. The zero-order valence-corrected chi connectivity index (χ0v) is 11.8. The monoisotopic (exact) mass is 276 g/mol. The van der Waals surface area contributed by atoms with Crippen LogP contribution in [0.15, 0.2) is 24.3 Å². The second kappa shape index (κ2) is 5.07. The van der Waals surface area contributed by atoms with Gasteiger partial charge in [0.15, 0.2) is 0 Å². The molecule has 1 fully saturated rings. The van der Waals surface area contributed by atoms with Gasteiger partial charge in [0.05, 0.1) is 18.7 Å². The third kappa shape index (κ3) is 1.81. The standard InChI is InChI=1S/C15H20N2O3/c1-16-7-12-15(10-5-3-4-6-11(10)16)13(8-18)17(12)14(19)9-20-2/h3-6,12-13,15,18H,7-9H2,1-2H3/t12-,13+,15+/m1/s1. The molecule has 0 spiro atoms. The molecule has 0 aromatic heterocycles. The molecule has 0 aliphatic carbocycles. The minimum atomic E-state index is -0.127. The third-order valence-corrected chi connectivity index (χ3v) is 4.45. The molecular weight excluding hydrogens is 256 g/mol. The molecule has 1 aromatic carbocycles. The van der Waals surface area contributed by atoms with Gasteiger partial charge in [-0.2, -0.15) is 0 Å². The molecule has 2 aliphatic heterocycles. The molecule has 0 unspecified atom stereocenters. The molecule has 1 amide bonds. The minimum Gasteiger partial charge on any atom is -0.394 e. The number of fused-ring (bicyclic) bond motifs is 3. The first-order valence-electron chi connectivity index (χ1n) is 6.90. The van der Waals surface area contributed by atoms with Crippen LogP contribution in [-0.4, -0.2) is 61.9 Å². The van der Waals surface area contributed by atoms with Crippen molar-refractivity contribution >= 4 is 11.6 Å². The van der Waals surface area contributed by atoms with Crippen molar-refractivity contribution in [2.75, 3.05) is 38.8 Å². The molecule has 2 heterocycles. The van der Waals surface area contributed by atoms with E-state index in [4.69, 9.17) is 4.74 Å². The first-order chi connectivity index (χ1) is 9.69. The number of hydrogen-bond donors (Lipinski definition) is 1. The molecule has 5 nitrogen and oxygen atoms in total. The van der Waals surface area contributed by atoms with E-state index in [0.717, 1.165) is 6.54 Å². The van der Waals surface area contributed by atoms with Gasteiger partial charge in [-0.1, -0.05) is 18.2 Å². The number of benzene rings is 1. The van der Waals surface area contributed by atoms with E-state index in [2.05, 4.69) is 17.0 Å². The molecule has 1 aromatic rings. The Hall–Kier alpha value is -1.59. The van der Waals surface area contributed by atoms with Crippen LogP contribution in [0.2, 0.25) is 0 Å². The maximum Gasteiger partial charge on any atom is 0.249 e. The average Bonchev–Trinajstić information content (AvgIpc) is 2.42. The molecule has 0 bridgehead atoms. The van der Waals surface area contributed by atoms with E-state index in [-0.39, 0.29) is 37.1 Å². The summed E-state index contributed by atoms with van der Waals surface area (Å²) in [5.41, 5.74) is 2.43. The quantitative estimate of drug-likeness (QED) is 0.870. The summed E-state index contributed by atoms with van der Waals surface area (Å²) in [4.78, 5) is 16.1. The molecule has 108 valence electrons. The number of carbonyl (C=O) groups excluding carboxylic acids is 1. The number of likely N-dealkylation sites (tertiary alicyclic amines) is 1. The number of para-hydroxylation sites is 1. The highest BCUT2D eigenvalue weighted by molar-refractivity contribution is 5.80. The molecule has 1 N–H and O–H groups in total. The lowest BCUT2D eigenvalue weighted by atomic mass is 9.72. The minimum absolute atomic E-state index is 0.00529. The number of hydrogen-bond acceptors (Lipinski definition) is 4. The average molecular weight is 276 g/mol.